The molecule has 0 radical (unpaired) electrons. The minimum Gasteiger partial charge on any atom is -0.195 e. The van der Waals surface area contributed by atoms with E-state index in [4.69, 9.17) is 11.6 Å². The number of rotatable bonds is 5. The third-order valence-corrected chi connectivity index (χ3v) is 5.75. The molecule has 0 saturated carbocycles. The van der Waals surface area contributed by atoms with Crippen molar-refractivity contribution >= 4 is 21.8 Å². The van der Waals surface area contributed by atoms with Crippen molar-refractivity contribution in [3.8, 4) is 0 Å². The summed E-state index contributed by atoms with van der Waals surface area (Å²) >= 11 is 5.86. The molecule has 19 heavy (non-hydrogen) atoms. The van der Waals surface area contributed by atoms with Crippen molar-refractivity contribution < 1.29 is 8.42 Å². The summed E-state index contributed by atoms with van der Waals surface area (Å²) in [7, 11) is 1.27. The first-order valence-electron chi connectivity index (χ1n) is 6.09. The third-order valence-electron chi connectivity index (χ3n) is 3.52. The molecule has 108 valence electrons. The Bertz CT molecular complexity index is 514. The smallest absolute Gasteiger partial charge is 0.195 e. The molecule has 1 aromatic carbocycles. The third kappa shape index (κ3) is 3.69. The molecule has 4 nitrogen and oxygen atoms in total. The molecule has 0 spiro atoms. The molecule has 0 aliphatic heterocycles. The Morgan fingerprint density at radius 1 is 1.05 bits per heavy atom. The topological polar surface area (TPSA) is 40.6 Å². The minimum atomic E-state index is -3.40. The molecule has 0 amide bonds. The molecule has 0 saturated heterocycles. The average molecular weight is 305 g/mol. The molecule has 0 heterocycles. The Morgan fingerprint density at radius 2 is 1.53 bits per heavy atom. The lowest BCUT2D eigenvalue weighted by Gasteiger charge is -2.31. The van der Waals surface area contributed by atoms with Crippen LogP contribution in [0.4, 0.5) is 0 Å². The van der Waals surface area contributed by atoms with Crippen LogP contribution >= 0.6 is 11.6 Å². The van der Waals surface area contributed by atoms with Crippen LogP contribution in [-0.2, 0) is 10.2 Å². The Morgan fingerprint density at radius 3 is 1.95 bits per heavy atom. The van der Waals surface area contributed by atoms with E-state index in [9.17, 15) is 8.42 Å². The fourth-order valence-electron chi connectivity index (χ4n) is 1.83. The van der Waals surface area contributed by atoms with Gasteiger partial charge in [0.2, 0.25) is 0 Å². The number of halogens is 1. The Kier molecular flexibility index (Phi) is 5.38. The summed E-state index contributed by atoms with van der Waals surface area (Å²) in [6, 6.07) is 7.36. The highest BCUT2D eigenvalue weighted by molar-refractivity contribution is 7.86. The maximum Gasteiger partial charge on any atom is 0.281 e. The molecule has 0 aliphatic rings. The lowest BCUT2D eigenvalue weighted by molar-refractivity contribution is 0.328. The molecule has 0 fully saturated rings. The van der Waals surface area contributed by atoms with Crippen molar-refractivity contribution in [1.82, 2.24) is 8.61 Å². The van der Waals surface area contributed by atoms with E-state index in [0.29, 0.717) is 5.02 Å². The highest BCUT2D eigenvalue weighted by Crippen LogP contribution is 2.25. The van der Waals surface area contributed by atoms with E-state index < -0.39 is 10.2 Å². The number of benzene rings is 1. The molecule has 0 aliphatic carbocycles. The van der Waals surface area contributed by atoms with Gasteiger partial charge in [-0.2, -0.15) is 17.0 Å². The summed E-state index contributed by atoms with van der Waals surface area (Å²) in [5.74, 6) is 0.0805. The van der Waals surface area contributed by atoms with Crippen molar-refractivity contribution in [3.63, 3.8) is 0 Å². The van der Waals surface area contributed by atoms with Crippen LogP contribution in [0.5, 0.6) is 0 Å². The standard InChI is InChI=1S/C13H21ClN2O2S/c1-10(12-6-8-13(14)9-7-12)11(2)16(5)19(17,18)15(3)4/h6-11H,1-5H3/t10-,11+/m1/s1. The zero-order chi connectivity index (χ0) is 14.8. The van der Waals surface area contributed by atoms with Gasteiger partial charge in [0.15, 0.2) is 0 Å². The van der Waals surface area contributed by atoms with Crippen LogP contribution in [-0.4, -0.2) is 44.2 Å². The van der Waals surface area contributed by atoms with Gasteiger partial charge in [-0.15, -0.1) is 0 Å². The number of hydrogen-bond donors (Lipinski definition) is 0. The van der Waals surface area contributed by atoms with E-state index in [0.717, 1.165) is 5.56 Å². The summed E-state index contributed by atoms with van der Waals surface area (Å²) in [5.41, 5.74) is 1.07. The molecular weight excluding hydrogens is 284 g/mol. The van der Waals surface area contributed by atoms with Crippen molar-refractivity contribution in [2.24, 2.45) is 0 Å². The average Bonchev–Trinajstić information content (AvgIpc) is 2.36. The second-order valence-corrected chi connectivity index (χ2v) is 7.53. The van der Waals surface area contributed by atoms with Gasteiger partial charge in [0, 0.05) is 32.2 Å². The quantitative estimate of drug-likeness (QED) is 0.839. The van der Waals surface area contributed by atoms with Gasteiger partial charge in [0.25, 0.3) is 10.2 Å². The Labute approximate surface area is 121 Å². The van der Waals surface area contributed by atoms with E-state index in [-0.39, 0.29) is 12.0 Å². The summed E-state index contributed by atoms with van der Waals surface area (Å²) < 4.78 is 26.8. The van der Waals surface area contributed by atoms with Gasteiger partial charge in [0.1, 0.15) is 0 Å². The van der Waals surface area contributed by atoms with Crippen LogP contribution in [0.1, 0.15) is 25.3 Å². The molecule has 6 heteroatoms. The molecule has 1 aromatic rings. The summed E-state index contributed by atoms with van der Waals surface area (Å²) in [6.45, 7) is 3.91. The van der Waals surface area contributed by atoms with Crippen LogP contribution in [0.25, 0.3) is 0 Å². The highest BCUT2D eigenvalue weighted by atomic mass is 35.5. The van der Waals surface area contributed by atoms with E-state index >= 15 is 0 Å². The molecule has 0 N–H and O–H groups in total. The van der Waals surface area contributed by atoms with E-state index in [1.165, 1.54) is 22.7 Å². The van der Waals surface area contributed by atoms with Gasteiger partial charge in [-0.25, -0.2) is 0 Å². The van der Waals surface area contributed by atoms with Gasteiger partial charge in [-0.3, -0.25) is 0 Å². The summed E-state index contributed by atoms with van der Waals surface area (Å²) in [5, 5.41) is 0.679. The lowest BCUT2D eigenvalue weighted by atomic mass is 9.95. The van der Waals surface area contributed by atoms with E-state index in [1.807, 2.05) is 38.1 Å². The van der Waals surface area contributed by atoms with Crippen molar-refractivity contribution in [2.45, 2.75) is 25.8 Å². The molecule has 0 aromatic heterocycles. The summed E-state index contributed by atoms with van der Waals surface area (Å²) in [6.07, 6.45) is 0. The fraction of sp³-hybridized carbons (Fsp3) is 0.538. The second-order valence-electron chi connectivity index (χ2n) is 4.89. The summed E-state index contributed by atoms with van der Waals surface area (Å²) in [4.78, 5) is 0. The van der Waals surface area contributed by atoms with Crippen molar-refractivity contribution in [2.75, 3.05) is 21.1 Å². The largest absolute Gasteiger partial charge is 0.281 e. The van der Waals surface area contributed by atoms with E-state index in [1.54, 1.807) is 7.05 Å². The normalized spacial score (nSPS) is 15.8. The van der Waals surface area contributed by atoms with Gasteiger partial charge < -0.3 is 0 Å². The van der Waals surface area contributed by atoms with Crippen LogP contribution in [0, 0.1) is 0 Å². The molecule has 0 unspecified atom stereocenters. The predicted molar refractivity (Wildman–Crippen MR) is 79.7 cm³/mol. The SMILES string of the molecule is C[C@@H](c1ccc(Cl)cc1)[C@H](C)N(C)S(=O)(=O)N(C)C. The van der Waals surface area contributed by atoms with Crippen molar-refractivity contribution in [3.05, 3.63) is 34.9 Å². The maximum absolute atomic E-state index is 12.1. The van der Waals surface area contributed by atoms with Gasteiger partial charge in [-0.1, -0.05) is 30.7 Å². The maximum atomic E-state index is 12.1. The zero-order valence-electron chi connectivity index (χ0n) is 12.0. The first-order chi connectivity index (χ1) is 8.67. The van der Waals surface area contributed by atoms with Gasteiger partial charge in [0.05, 0.1) is 0 Å². The fourth-order valence-corrected chi connectivity index (χ4v) is 3.07. The number of nitrogens with zero attached hydrogens (tertiary/aromatic N) is 2. The van der Waals surface area contributed by atoms with Gasteiger partial charge >= 0.3 is 0 Å². The Balaban J connectivity index is 2.94. The lowest BCUT2D eigenvalue weighted by Crippen LogP contribution is -2.44. The van der Waals surface area contributed by atoms with Crippen LogP contribution < -0.4 is 0 Å². The highest BCUT2D eigenvalue weighted by Gasteiger charge is 2.29. The van der Waals surface area contributed by atoms with Crippen LogP contribution in [0.3, 0.4) is 0 Å². The zero-order valence-corrected chi connectivity index (χ0v) is 13.5. The van der Waals surface area contributed by atoms with E-state index in [2.05, 4.69) is 0 Å². The number of hydrogen-bond acceptors (Lipinski definition) is 2. The first kappa shape index (κ1) is 16.4. The minimum absolute atomic E-state index is 0.0805. The predicted octanol–water partition coefficient (Wildman–Crippen LogP) is 2.57. The van der Waals surface area contributed by atoms with Gasteiger partial charge in [-0.05, 0) is 30.5 Å². The number of likely N-dealkylation sites (N-methyl/N-ethyl adjacent to an activating group) is 1. The molecular formula is C13H21ClN2O2S. The molecule has 2 atom stereocenters. The first-order valence-corrected chi connectivity index (χ1v) is 7.86. The monoisotopic (exact) mass is 304 g/mol. The molecule has 1 rings (SSSR count). The Hall–Kier alpha value is -0.620. The van der Waals surface area contributed by atoms with Crippen LogP contribution in [0.15, 0.2) is 24.3 Å². The van der Waals surface area contributed by atoms with Crippen LogP contribution in [0.2, 0.25) is 5.02 Å². The second kappa shape index (κ2) is 6.22. The van der Waals surface area contributed by atoms with Crippen molar-refractivity contribution in [1.29, 1.82) is 0 Å². The molecule has 0 bridgehead atoms.